The van der Waals surface area contributed by atoms with Gasteiger partial charge in [0.15, 0.2) is 6.29 Å². The van der Waals surface area contributed by atoms with Crippen LogP contribution in [0.2, 0.25) is 0 Å². The van der Waals surface area contributed by atoms with Crippen LogP contribution in [0.5, 0.6) is 0 Å². The molecule has 1 aliphatic heterocycles. The van der Waals surface area contributed by atoms with E-state index in [1.807, 2.05) is 54.6 Å². The molecule has 0 radical (unpaired) electrons. The predicted molar refractivity (Wildman–Crippen MR) is 170 cm³/mol. The van der Waals surface area contributed by atoms with Crippen molar-refractivity contribution < 1.29 is 19.4 Å². The second-order valence-electron chi connectivity index (χ2n) is 13.3. The monoisotopic (exact) mass is 598 g/mol. The zero-order valence-electron chi connectivity index (χ0n) is 24.8. The standard InChI is InChI=1S/C36H42N2O4S/c1-23-32(22-43-31-5-3-2-4-6-31)41-34(42-33(23)28-9-7-24(21-39)8-10-28)29-11-13-30(14-12-29)37-35(40)38-36-18-25-15-26(19-36)17-27(16-25)20-36/h2-14,23,25-27,32-34,39H,15-22H2,1H3,(H2,37,38,40). The summed E-state index contributed by atoms with van der Waals surface area (Å²) in [6, 6.07) is 26.2. The van der Waals surface area contributed by atoms with E-state index in [2.05, 4.69) is 41.8 Å². The highest BCUT2D eigenvalue weighted by atomic mass is 32.2. The van der Waals surface area contributed by atoms with Crippen molar-refractivity contribution in [2.24, 2.45) is 23.7 Å². The average molecular weight is 599 g/mol. The molecule has 5 aliphatic rings. The Balaban J connectivity index is 1.04. The van der Waals surface area contributed by atoms with Crippen LogP contribution in [0.15, 0.2) is 83.8 Å². The van der Waals surface area contributed by atoms with Crippen molar-refractivity contribution in [2.45, 2.75) is 81.0 Å². The molecule has 4 unspecified atom stereocenters. The molecule has 3 aromatic rings. The van der Waals surface area contributed by atoms with Crippen LogP contribution in [0.25, 0.3) is 0 Å². The quantitative estimate of drug-likeness (QED) is 0.230. The molecule has 43 heavy (non-hydrogen) atoms. The summed E-state index contributed by atoms with van der Waals surface area (Å²) in [5.41, 5.74) is 3.63. The minimum absolute atomic E-state index is 0.0174. The van der Waals surface area contributed by atoms with Gasteiger partial charge in [0.1, 0.15) is 0 Å². The fraction of sp³-hybridized carbons (Fsp3) is 0.472. The average Bonchev–Trinajstić information content (AvgIpc) is 3.00. The Morgan fingerprint density at radius 3 is 2.12 bits per heavy atom. The van der Waals surface area contributed by atoms with E-state index in [1.165, 1.54) is 24.2 Å². The molecule has 0 aromatic heterocycles. The highest BCUT2D eigenvalue weighted by molar-refractivity contribution is 7.99. The number of aliphatic hydroxyl groups is 1. The molecule has 2 amide bonds. The maximum Gasteiger partial charge on any atom is 0.319 e. The Hall–Kier alpha value is -2.84. The number of anilines is 1. The molecule has 8 rings (SSSR count). The van der Waals surface area contributed by atoms with Gasteiger partial charge in [-0.3, -0.25) is 0 Å². The van der Waals surface area contributed by atoms with Crippen LogP contribution < -0.4 is 10.6 Å². The zero-order valence-corrected chi connectivity index (χ0v) is 25.6. The van der Waals surface area contributed by atoms with Gasteiger partial charge in [0, 0.05) is 33.4 Å². The summed E-state index contributed by atoms with van der Waals surface area (Å²) in [5.74, 6) is 3.29. The Labute approximate surface area is 258 Å². The van der Waals surface area contributed by atoms with Gasteiger partial charge in [0.2, 0.25) is 0 Å². The lowest BCUT2D eigenvalue weighted by Gasteiger charge is -2.56. The van der Waals surface area contributed by atoms with Crippen LogP contribution in [-0.4, -0.2) is 28.5 Å². The van der Waals surface area contributed by atoms with Crippen molar-refractivity contribution in [2.75, 3.05) is 11.1 Å². The Kier molecular flexibility index (Phi) is 8.25. The fourth-order valence-electron chi connectivity index (χ4n) is 8.40. The summed E-state index contributed by atoms with van der Waals surface area (Å²) in [6.45, 7) is 2.21. The molecule has 3 N–H and O–H groups in total. The van der Waals surface area contributed by atoms with Crippen LogP contribution in [0, 0.1) is 23.7 Å². The van der Waals surface area contributed by atoms with Crippen LogP contribution in [0.1, 0.15) is 74.5 Å². The summed E-state index contributed by atoms with van der Waals surface area (Å²) in [4.78, 5) is 14.3. The number of thioether (sulfide) groups is 1. The number of carbonyl (C=O) groups excluding carboxylic acids is 1. The van der Waals surface area contributed by atoms with Gasteiger partial charge in [-0.2, -0.15) is 0 Å². The van der Waals surface area contributed by atoms with Gasteiger partial charge in [-0.25, -0.2) is 4.79 Å². The summed E-state index contributed by atoms with van der Waals surface area (Å²) in [5, 5.41) is 16.0. The first kappa shape index (κ1) is 28.9. The molecule has 4 atom stereocenters. The Bertz CT molecular complexity index is 1360. The zero-order chi connectivity index (χ0) is 29.4. The Morgan fingerprint density at radius 1 is 0.860 bits per heavy atom. The van der Waals surface area contributed by atoms with E-state index in [4.69, 9.17) is 9.47 Å². The topological polar surface area (TPSA) is 79.8 Å². The molecule has 1 heterocycles. The number of hydrogen-bond donors (Lipinski definition) is 3. The van der Waals surface area contributed by atoms with Crippen LogP contribution in [0.4, 0.5) is 10.5 Å². The SMILES string of the molecule is CC1C(CSc2ccccc2)OC(c2ccc(NC(=O)NC34CC5CC(CC(C5)C3)C4)cc2)OC1c1ccc(CO)cc1. The number of ether oxygens (including phenoxy) is 2. The molecule has 4 aliphatic carbocycles. The first-order chi connectivity index (χ1) is 20.9. The van der Waals surface area contributed by atoms with E-state index >= 15 is 0 Å². The number of benzene rings is 3. The largest absolute Gasteiger partial charge is 0.392 e. The molecule has 226 valence electrons. The minimum Gasteiger partial charge on any atom is -0.392 e. The molecule has 0 spiro atoms. The normalized spacial score (nSPS) is 32.8. The summed E-state index contributed by atoms with van der Waals surface area (Å²) >= 11 is 1.80. The van der Waals surface area contributed by atoms with E-state index in [1.54, 1.807) is 11.8 Å². The van der Waals surface area contributed by atoms with Gasteiger partial charge in [-0.05, 0) is 91.7 Å². The Morgan fingerprint density at radius 2 is 1.49 bits per heavy atom. The molecule has 1 saturated heterocycles. The molecule has 5 fully saturated rings. The van der Waals surface area contributed by atoms with Crippen LogP contribution >= 0.6 is 11.8 Å². The number of rotatable bonds is 8. The first-order valence-corrected chi connectivity index (χ1v) is 16.8. The lowest BCUT2D eigenvalue weighted by molar-refractivity contribution is -0.268. The minimum atomic E-state index is -0.532. The third-order valence-corrected chi connectivity index (χ3v) is 11.2. The second-order valence-corrected chi connectivity index (χ2v) is 14.4. The van der Waals surface area contributed by atoms with E-state index in [-0.39, 0.29) is 36.3 Å². The number of carbonyl (C=O) groups is 1. The van der Waals surface area contributed by atoms with Gasteiger partial charge in [-0.15, -0.1) is 11.8 Å². The molecule has 6 nitrogen and oxygen atoms in total. The van der Waals surface area contributed by atoms with Crippen LogP contribution in [-0.2, 0) is 16.1 Å². The van der Waals surface area contributed by atoms with Crippen molar-refractivity contribution in [3.63, 3.8) is 0 Å². The van der Waals surface area contributed by atoms with Gasteiger partial charge < -0.3 is 25.2 Å². The number of urea groups is 1. The fourth-order valence-corrected chi connectivity index (χ4v) is 9.48. The van der Waals surface area contributed by atoms with Gasteiger partial charge in [0.05, 0.1) is 18.8 Å². The van der Waals surface area contributed by atoms with Gasteiger partial charge in [0.25, 0.3) is 0 Å². The van der Waals surface area contributed by atoms with E-state index in [0.29, 0.717) is 0 Å². The molecule has 3 aromatic carbocycles. The second kappa shape index (κ2) is 12.3. The van der Waals surface area contributed by atoms with Gasteiger partial charge in [-0.1, -0.05) is 61.5 Å². The third-order valence-electron chi connectivity index (χ3n) is 10.1. The van der Waals surface area contributed by atoms with Crippen LogP contribution in [0.3, 0.4) is 0 Å². The maximum absolute atomic E-state index is 13.1. The van der Waals surface area contributed by atoms with Crippen molar-refractivity contribution in [3.8, 4) is 0 Å². The summed E-state index contributed by atoms with van der Waals surface area (Å²) < 4.78 is 13.2. The molecule has 4 bridgehead atoms. The molecule has 7 heteroatoms. The maximum atomic E-state index is 13.1. The van der Waals surface area contributed by atoms with Crippen molar-refractivity contribution in [1.29, 1.82) is 0 Å². The van der Waals surface area contributed by atoms with Crippen molar-refractivity contribution in [3.05, 3.63) is 95.6 Å². The number of aliphatic hydroxyl groups excluding tert-OH is 1. The first-order valence-electron chi connectivity index (χ1n) is 15.8. The van der Waals surface area contributed by atoms with Crippen molar-refractivity contribution in [1.82, 2.24) is 5.32 Å². The van der Waals surface area contributed by atoms with Crippen molar-refractivity contribution >= 4 is 23.5 Å². The lowest BCUT2D eigenvalue weighted by atomic mass is 9.53. The molecular formula is C36H42N2O4S. The smallest absolute Gasteiger partial charge is 0.319 e. The molecule has 4 saturated carbocycles. The van der Waals surface area contributed by atoms with E-state index in [9.17, 15) is 9.90 Å². The summed E-state index contributed by atoms with van der Waals surface area (Å²) in [6.07, 6.45) is 6.75. The predicted octanol–water partition coefficient (Wildman–Crippen LogP) is 7.85. The van der Waals surface area contributed by atoms with Gasteiger partial charge >= 0.3 is 6.03 Å². The summed E-state index contributed by atoms with van der Waals surface area (Å²) in [7, 11) is 0. The molecular weight excluding hydrogens is 556 g/mol. The highest BCUT2D eigenvalue weighted by Crippen LogP contribution is 2.55. The highest BCUT2D eigenvalue weighted by Gasteiger charge is 2.51. The number of amides is 2. The van der Waals surface area contributed by atoms with E-state index in [0.717, 1.165) is 65.1 Å². The number of nitrogens with one attached hydrogen (secondary N) is 2. The third kappa shape index (κ3) is 6.37. The van der Waals surface area contributed by atoms with E-state index < -0.39 is 6.29 Å². The lowest BCUT2D eigenvalue weighted by Crippen LogP contribution is -2.60. The number of hydrogen-bond acceptors (Lipinski definition) is 5.